The molecule has 0 spiro atoms. The van der Waals surface area contributed by atoms with E-state index >= 15 is 0 Å². The van der Waals surface area contributed by atoms with Gasteiger partial charge in [0.25, 0.3) is 0 Å². The Kier molecular flexibility index (Phi) is 7.39. The van der Waals surface area contributed by atoms with E-state index in [0.717, 1.165) is 11.4 Å². The van der Waals surface area contributed by atoms with Crippen molar-refractivity contribution in [2.24, 2.45) is 0 Å². The summed E-state index contributed by atoms with van der Waals surface area (Å²) in [5.74, 6) is 1.32. The molecule has 7 nitrogen and oxygen atoms in total. The van der Waals surface area contributed by atoms with E-state index in [1.165, 1.54) is 18.7 Å². The van der Waals surface area contributed by atoms with E-state index < -0.39 is 0 Å². The van der Waals surface area contributed by atoms with Crippen LogP contribution in [-0.4, -0.2) is 32.2 Å². The Morgan fingerprint density at radius 2 is 1.59 bits per heavy atom. The fraction of sp³-hybridized carbons (Fsp3) is 0.154. The van der Waals surface area contributed by atoms with Gasteiger partial charge in [-0.3, -0.25) is 14.2 Å². The number of ketones is 1. The standard InChI is InChI=1S/C26H24N4O3S/c1-18(31)20-13-15-21(16-14-20)27-24(32)17-34-26-29-28-25(30(26)22-9-5-3-6-10-22)19(2)33-23-11-7-4-8-12-23/h3-16,19H,17H2,1-2H3,(H,27,32). The number of rotatable bonds is 9. The predicted molar refractivity (Wildman–Crippen MR) is 133 cm³/mol. The normalized spacial score (nSPS) is 11.6. The molecule has 8 heteroatoms. The van der Waals surface area contributed by atoms with Crippen molar-refractivity contribution in [2.45, 2.75) is 25.1 Å². The number of carbonyl (C=O) groups excluding carboxylic acids is 2. The lowest BCUT2D eigenvalue weighted by Crippen LogP contribution is -2.15. The zero-order valence-electron chi connectivity index (χ0n) is 18.8. The van der Waals surface area contributed by atoms with E-state index in [2.05, 4.69) is 15.5 Å². The van der Waals surface area contributed by atoms with Crippen molar-refractivity contribution >= 4 is 29.1 Å². The summed E-state index contributed by atoms with van der Waals surface area (Å²) in [5, 5.41) is 12.2. The lowest BCUT2D eigenvalue weighted by Gasteiger charge is -2.16. The first kappa shape index (κ1) is 23.3. The second kappa shape index (κ2) is 10.8. The van der Waals surface area contributed by atoms with Gasteiger partial charge in [0, 0.05) is 16.9 Å². The topological polar surface area (TPSA) is 86.1 Å². The summed E-state index contributed by atoms with van der Waals surface area (Å²) in [6, 6.07) is 26.1. The average molecular weight is 473 g/mol. The van der Waals surface area contributed by atoms with Crippen LogP contribution in [0, 0.1) is 0 Å². The third-order valence-electron chi connectivity index (χ3n) is 5.00. The van der Waals surface area contributed by atoms with Gasteiger partial charge in [-0.1, -0.05) is 48.2 Å². The zero-order chi connectivity index (χ0) is 23.9. The van der Waals surface area contributed by atoms with Crippen LogP contribution in [0.1, 0.15) is 36.1 Å². The number of ether oxygens (including phenoxy) is 1. The zero-order valence-corrected chi connectivity index (χ0v) is 19.7. The van der Waals surface area contributed by atoms with Crippen LogP contribution in [0.25, 0.3) is 5.69 Å². The summed E-state index contributed by atoms with van der Waals surface area (Å²) >= 11 is 1.29. The molecule has 0 aliphatic rings. The van der Waals surface area contributed by atoms with Crippen LogP contribution in [-0.2, 0) is 4.79 Å². The molecule has 0 fully saturated rings. The summed E-state index contributed by atoms with van der Waals surface area (Å²) < 4.78 is 7.98. The van der Waals surface area contributed by atoms with Crippen LogP contribution in [0.15, 0.2) is 90.1 Å². The highest BCUT2D eigenvalue weighted by Crippen LogP contribution is 2.28. The quantitative estimate of drug-likeness (QED) is 0.261. The van der Waals surface area contributed by atoms with E-state index in [0.29, 0.717) is 22.2 Å². The number of Topliss-reactive ketones (excluding diaryl/α,β-unsaturated/α-hetero) is 1. The van der Waals surface area contributed by atoms with Crippen LogP contribution >= 0.6 is 11.8 Å². The van der Waals surface area contributed by atoms with E-state index in [-0.39, 0.29) is 23.5 Å². The van der Waals surface area contributed by atoms with Gasteiger partial charge in [0.1, 0.15) is 5.75 Å². The Morgan fingerprint density at radius 1 is 0.941 bits per heavy atom. The highest BCUT2D eigenvalue weighted by atomic mass is 32.2. The smallest absolute Gasteiger partial charge is 0.234 e. The predicted octanol–water partition coefficient (Wildman–Crippen LogP) is 5.34. The number of aromatic nitrogens is 3. The minimum Gasteiger partial charge on any atom is -0.483 e. The molecule has 3 aromatic carbocycles. The highest BCUT2D eigenvalue weighted by molar-refractivity contribution is 7.99. The fourth-order valence-electron chi connectivity index (χ4n) is 3.33. The Morgan fingerprint density at radius 3 is 2.24 bits per heavy atom. The Hall–Kier alpha value is -3.91. The van der Waals surface area contributed by atoms with Crippen LogP contribution < -0.4 is 10.1 Å². The van der Waals surface area contributed by atoms with E-state index in [4.69, 9.17) is 4.74 Å². The molecule has 0 aliphatic carbocycles. The largest absolute Gasteiger partial charge is 0.483 e. The molecule has 1 heterocycles. The van der Waals surface area contributed by atoms with Gasteiger partial charge in [-0.05, 0) is 62.4 Å². The molecule has 1 unspecified atom stereocenters. The number of carbonyl (C=O) groups is 2. The summed E-state index contributed by atoms with van der Waals surface area (Å²) in [6.07, 6.45) is -0.363. The summed E-state index contributed by atoms with van der Waals surface area (Å²) in [6.45, 7) is 3.43. The molecule has 172 valence electrons. The number of hydrogen-bond donors (Lipinski definition) is 1. The number of benzene rings is 3. The molecule has 0 radical (unpaired) electrons. The van der Waals surface area contributed by atoms with Gasteiger partial charge in [0.2, 0.25) is 5.91 Å². The van der Waals surface area contributed by atoms with Gasteiger partial charge in [0.15, 0.2) is 22.9 Å². The van der Waals surface area contributed by atoms with Crippen molar-refractivity contribution in [3.63, 3.8) is 0 Å². The number of thioether (sulfide) groups is 1. The summed E-state index contributed by atoms with van der Waals surface area (Å²) in [5.41, 5.74) is 2.11. The molecular weight excluding hydrogens is 448 g/mol. The molecule has 0 saturated heterocycles. The number of anilines is 1. The Balaban J connectivity index is 1.50. The fourth-order valence-corrected chi connectivity index (χ4v) is 4.09. The maximum atomic E-state index is 12.6. The SMILES string of the molecule is CC(=O)c1ccc(NC(=O)CSc2nnc(C(C)Oc3ccccc3)n2-c2ccccc2)cc1. The molecular formula is C26H24N4O3S. The molecule has 1 atom stereocenters. The molecule has 4 rings (SSSR count). The molecule has 0 bridgehead atoms. The molecule has 4 aromatic rings. The van der Waals surface area contributed by atoms with Crippen molar-refractivity contribution in [1.82, 2.24) is 14.8 Å². The lowest BCUT2D eigenvalue weighted by molar-refractivity contribution is -0.113. The van der Waals surface area contributed by atoms with Crippen LogP contribution in [0.3, 0.4) is 0 Å². The third-order valence-corrected chi connectivity index (χ3v) is 5.93. The van der Waals surface area contributed by atoms with Crippen molar-refractivity contribution in [1.29, 1.82) is 0 Å². The third kappa shape index (κ3) is 5.71. The number of amides is 1. The molecule has 0 aliphatic heterocycles. The average Bonchev–Trinajstić information content (AvgIpc) is 3.28. The van der Waals surface area contributed by atoms with Crippen molar-refractivity contribution in [2.75, 3.05) is 11.1 Å². The first-order valence-electron chi connectivity index (χ1n) is 10.8. The van der Waals surface area contributed by atoms with Gasteiger partial charge in [0.05, 0.1) is 5.75 Å². The van der Waals surface area contributed by atoms with Gasteiger partial charge >= 0.3 is 0 Å². The van der Waals surface area contributed by atoms with Gasteiger partial charge in [-0.15, -0.1) is 10.2 Å². The number of para-hydroxylation sites is 2. The summed E-state index contributed by atoms with van der Waals surface area (Å²) in [7, 11) is 0. The van der Waals surface area contributed by atoms with E-state index in [1.54, 1.807) is 24.3 Å². The highest BCUT2D eigenvalue weighted by Gasteiger charge is 2.21. The minimum absolute atomic E-state index is 0.0186. The van der Waals surface area contributed by atoms with Crippen molar-refractivity contribution in [3.05, 3.63) is 96.3 Å². The lowest BCUT2D eigenvalue weighted by atomic mass is 10.1. The van der Waals surface area contributed by atoms with E-state index in [9.17, 15) is 9.59 Å². The van der Waals surface area contributed by atoms with Gasteiger partial charge in [-0.25, -0.2) is 0 Å². The monoisotopic (exact) mass is 472 g/mol. The molecule has 0 saturated carbocycles. The Bertz CT molecular complexity index is 1260. The molecule has 1 aromatic heterocycles. The first-order chi connectivity index (χ1) is 16.5. The molecule has 34 heavy (non-hydrogen) atoms. The molecule has 1 N–H and O–H groups in total. The summed E-state index contributed by atoms with van der Waals surface area (Å²) in [4.78, 5) is 24.0. The maximum Gasteiger partial charge on any atom is 0.234 e. The van der Waals surface area contributed by atoms with Gasteiger partial charge in [-0.2, -0.15) is 0 Å². The second-order valence-corrected chi connectivity index (χ2v) is 8.50. The van der Waals surface area contributed by atoms with E-state index in [1.807, 2.05) is 72.2 Å². The van der Waals surface area contributed by atoms with Crippen molar-refractivity contribution in [3.8, 4) is 11.4 Å². The number of nitrogens with one attached hydrogen (secondary N) is 1. The number of hydrogen-bond acceptors (Lipinski definition) is 6. The van der Waals surface area contributed by atoms with Crippen LogP contribution in [0.2, 0.25) is 0 Å². The molecule has 1 amide bonds. The van der Waals surface area contributed by atoms with Crippen LogP contribution in [0.4, 0.5) is 5.69 Å². The second-order valence-electron chi connectivity index (χ2n) is 7.56. The Labute approximate surface area is 202 Å². The minimum atomic E-state index is -0.363. The van der Waals surface area contributed by atoms with Crippen molar-refractivity contribution < 1.29 is 14.3 Å². The number of nitrogens with zero attached hydrogens (tertiary/aromatic N) is 3. The van der Waals surface area contributed by atoms with Crippen LogP contribution in [0.5, 0.6) is 5.75 Å². The van der Waals surface area contributed by atoms with Gasteiger partial charge < -0.3 is 10.1 Å². The first-order valence-corrected chi connectivity index (χ1v) is 11.8. The maximum absolute atomic E-state index is 12.6.